The Labute approximate surface area is 115 Å². The van der Waals surface area contributed by atoms with Gasteiger partial charge in [0.1, 0.15) is 0 Å². The Kier molecular flexibility index (Phi) is 4.30. The Bertz CT molecular complexity index is 430. The summed E-state index contributed by atoms with van der Waals surface area (Å²) in [4.78, 5) is 12.4. The summed E-state index contributed by atoms with van der Waals surface area (Å²) < 4.78 is 1.99. The van der Waals surface area contributed by atoms with Crippen LogP contribution in [0.25, 0.3) is 0 Å². The van der Waals surface area contributed by atoms with E-state index < -0.39 is 0 Å². The van der Waals surface area contributed by atoms with Crippen molar-refractivity contribution in [2.24, 2.45) is 24.1 Å². The molecule has 3 N–H and O–H groups in total. The number of hydrogen-bond acceptors (Lipinski definition) is 2. The molecule has 0 aromatic carbocycles. The average molecular weight is 263 g/mol. The minimum Gasteiger partial charge on any atom is -0.357 e. The van der Waals surface area contributed by atoms with E-state index in [1.165, 1.54) is 0 Å². The van der Waals surface area contributed by atoms with Gasteiger partial charge in [-0.2, -0.15) is 0 Å². The van der Waals surface area contributed by atoms with E-state index in [2.05, 4.69) is 12.2 Å². The van der Waals surface area contributed by atoms with Gasteiger partial charge >= 0.3 is 0 Å². The molecule has 1 aromatic heterocycles. The number of amides is 1. The number of carbonyl (C=O) groups excluding carboxylic acids is 1. The first kappa shape index (κ1) is 14.1. The zero-order valence-electron chi connectivity index (χ0n) is 12.0. The van der Waals surface area contributed by atoms with Gasteiger partial charge in [-0.3, -0.25) is 4.79 Å². The number of carbonyl (C=O) groups is 1. The lowest BCUT2D eigenvalue weighted by atomic mass is 9.70. The molecule has 1 aliphatic rings. The van der Waals surface area contributed by atoms with E-state index in [1.54, 1.807) is 0 Å². The van der Waals surface area contributed by atoms with Gasteiger partial charge in [-0.25, -0.2) is 0 Å². The molecular weight excluding hydrogens is 238 g/mol. The molecule has 1 aliphatic carbocycles. The van der Waals surface area contributed by atoms with Gasteiger partial charge in [0.05, 0.1) is 5.41 Å². The minimum atomic E-state index is -0.332. The van der Waals surface area contributed by atoms with E-state index in [0.717, 1.165) is 37.2 Å². The first-order valence-corrected chi connectivity index (χ1v) is 7.15. The van der Waals surface area contributed by atoms with Crippen molar-refractivity contribution in [2.45, 2.75) is 39.2 Å². The quantitative estimate of drug-likeness (QED) is 0.870. The number of hydrogen-bond donors (Lipinski definition) is 2. The summed E-state index contributed by atoms with van der Waals surface area (Å²) in [6.45, 7) is 3.31. The lowest BCUT2D eigenvalue weighted by Gasteiger charge is -2.37. The predicted molar refractivity (Wildman–Crippen MR) is 76.4 cm³/mol. The van der Waals surface area contributed by atoms with Gasteiger partial charge in [-0.05, 0) is 43.2 Å². The summed E-state index contributed by atoms with van der Waals surface area (Å²) in [6.07, 6.45) is 8.07. The van der Waals surface area contributed by atoms with E-state index in [9.17, 15) is 4.79 Å². The van der Waals surface area contributed by atoms with Crippen molar-refractivity contribution in [1.82, 2.24) is 9.88 Å². The fraction of sp³-hybridized carbons (Fsp3) is 0.667. The molecule has 1 saturated carbocycles. The maximum absolute atomic E-state index is 12.4. The third-order valence-electron chi connectivity index (χ3n) is 4.45. The second kappa shape index (κ2) is 5.78. The monoisotopic (exact) mass is 263 g/mol. The molecule has 0 spiro atoms. The van der Waals surface area contributed by atoms with E-state index in [0.29, 0.717) is 13.1 Å². The normalized spacial score (nSPS) is 27.2. The topological polar surface area (TPSA) is 60.1 Å². The zero-order chi connectivity index (χ0) is 13.9. The van der Waals surface area contributed by atoms with Crippen molar-refractivity contribution in [3.05, 3.63) is 24.0 Å². The summed E-state index contributed by atoms with van der Waals surface area (Å²) in [5.74, 6) is 0.854. The molecule has 0 unspecified atom stereocenters. The molecule has 1 aromatic rings. The fourth-order valence-corrected chi connectivity index (χ4v) is 2.87. The molecule has 0 aliphatic heterocycles. The molecule has 19 heavy (non-hydrogen) atoms. The molecule has 0 atom stereocenters. The van der Waals surface area contributed by atoms with Gasteiger partial charge in [0.25, 0.3) is 0 Å². The van der Waals surface area contributed by atoms with Crippen LogP contribution in [0, 0.1) is 11.3 Å². The van der Waals surface area contributed by atoms with Crippen LogP contribution in [0.15, 0.2) is 18.5 Å². The Hall–Kier alpha value is -1.29. The van der Waals surface area contributed by atoms with Crippen molar-refractivity contribution in [3.63, 3.8) is 0 Å². The second-order valence-electron chi connectivity index (χ2n) is 6.03. The van der Waals surface area contributed by atoms with Crippen LogP contribution in [0.4, 0.5) is 0 Å². The van der Waals surface area contributed by atoms with E-state index in [4.69, 9.17) is 5.73 Å². The summed E-state index contributed by atoms with van der Waals surface area (Å²) >= 11 is 0. The molecule has 1 heterocycles. The van der Waals surface area contributed by atoms with Crippen LogP contribution in [0.3, 0.4) is 0 Å². The van der Waals surface area contributed by atoms with Crippen LogP contribution in [0.1, 0.15) is 38.2 Å². The third-order valence-corrected chi connectivity index (χ3v) is 4.45. The van der Waals surface area contributed by atoms with Crippen molar-refractivity contribution in [3.8, 4) is 0 Å². The van der Waals surface area contributed by atoms with Gasteiger partial charge in [-0.1, -0.05) is 6.92 Å². The number of nitrogens with zero attached hydrogens (tertiary/aromatic N) is 1. The first-order chi connectivity index (χ1) is 9.05. The highest BCUT2D eigenvalue weighted by atomic mass is 16.2. The van der Waals surface area contributed by atoms with Crippen molar-refractivity contribution >= 4 is 5.91 Å². The second-order valence-corrected chi connectivity index (χ2v) is 6.03. The molecule has 0 radical (unpaired) electrons. The van der Waals surface area contributed by atoms with E-state index in [-0.39, 0.29) is 11.3 Å². The highest BCUT2D eigenvalue weighted by molar-refractivity contribution is 5.83. The third kappa shape index (κ3) is 3.18. The van der Waals surface area contributed by atoms with Gasteiger partial charge < -0.3 is 15.6 Å². The first-order valence-electron chi connectivity index (χ1n) is 7.15. The molecule has 4 heteroatoms. The summed E-state index contributed by atoms with van der Waals surface area (Å²) in [5, 5.41) is 3.06. The van der Waals surface area contributed by atoms with Crippen molar-refractivity contribution in [2.75, 3.05) is 6.54 Å². The van der Waals surface area contributed by atoms with Crippen LogP contribution in [-0.4, -0.2) is 17.0 Å². The summed E-state index contributed by atoms with van der Waals surface area (Å²) in [5.41, 5.74) is 6.69. The van der Waals surface area contributed by atoms with Crippen molar-refractivity contribution in [1.29, 1.82) is 0 Å². The largest absolute Gasteiger partial charge is 0.357 e. The van der Waals surface area contributed by atoms with Gasteiger partial charge in [-0.15, -0.1) is 0 Å². The molecule has 1 fully saturated rings. The van der Waals surface area contributed by atoms with Crippen LogP contribution in [-0.2, 0) is 18.4 Å². The van der Waals surface area contributed by atoms with Crippen LogP contribution in [0.5, 0.6) is 0 Å². The summed E-state index contributed by atoms with van der Waals surface area (Å²) in [7, 11) is 1.98. The van der Waals surface area contributed by atoms with Crippen LogP contribution < -0.4 is 11.1 Å². The number of aryl methyl sites for hydroxylation is 1. The van der Waals surface area contributed by atoms with Crippen molar-refractivity contribution < 1.29 is 4.79 Å². The fourth-order valence-electron chi connectivity index (χ4n) is 2.87. The van der Waals surface area contributed by atoms with Gasteiger partial charge in [0.2, 0.25) is 5.91 Å². The van der Waals surface area contributed by atoms with Crippen LogP contribution >= 0.6 is 0 Å². The minimum absolute atomic E-state index is 0.130. The molecule has 1 amide bonds. The average Bonchev–Trinajstić information content (AvgIpc) is 2.83. The van der Waals surface area contributed by atoms with Gasteiger partial charge in [0, 0.05) is 32.5 Å². The maximum Gasteiger partial charge on any atom is 0.227 e. The SMILES string of the molecule is CC1CCC(CN)(C(=O)NCc2ccn(C)c2)CC1. The molecule has 4 nitrogen and oxygen atoms in total. The number of aromatic nitrogens is 1. The predicted octanol–water partition coefficient (Wildman–Crippen LogP) is 1.80. The van der Waals surface area contributed by atoms with E-state index in [1.807, 2.05) is 30.1 Å². The number of nitrogens with one attached hydrogen (secondary N) is 1. The molecule has 2 rings (SSSR count). The maximum atomic E-state index is 12.4. The van der Waals surface area contributed by atoms with E-state index >= 15 is 0 Å². The Balaban J connectivity index is 1.93. The molecule has 106 valence electrons. The Morgan fingerprint density at radius 2 is 2.21 bits per heavy atom. The molecular formula is C15H25N3O. The summed E-state index contributed by atoms with van der Waals surface area (Å²) in [6, 6.07) is 2.03. The Morgan fingerprint density at radius 3 is 2.74 bits per heavy atom. The Morgan fingerprint density at radius 1 is 1.53 bits per heavy atom. The molecule has 0 saturated heterocycles. The lowest BCUT2D eigenvalue weighted by molar-refractivity contribution is -0.133. The number of rotatable bonds is 4. The highest BCUT2D eigenvalue weighted by Gasteiger charge is 2.39. The molecule has 0 bridgehead atoms. The van der Waals surface area contributed by atoms with Gasteiger partial charge in [0.15, 0.2) is 0 Å². The standard InChI is InChI=1S/C15H25N3O/c1-12-3-6-15(11-16,7-4-12)14(19)17-9-13-5-8-18(2)10-13/h5,8,10,12H,3-4,6-7,9,11,16H2,1-2H3,(H,17,19). The zero-order valence-corrected chi connectivity index (χ0v) is 12.0. The number of nitrogens with two attached hydrogens (primary N) is 1. The van der Waals surface area contributed by atoms with Crippen LogP contribution in [0.2, 0.25) is 0 Å². The highest BCUT2D eigenvalue weighted by Crippen LogP contribution is 2.38. The lowest BCUT2D eigenvalue weighted by Crippen LogP contribution is -2.47. The smallest absolute Gasteiger partial charge is 0.227 e.